The van der Waals surface area contributed by atoms with Crippen molar-refractivity contribution < 1.29 is 37.9 Å². The van der Waals surface area contributed by atoms with Crippen molar-refractivity contribution in [3.63, 3.8) is 0 Å². The number of hydrogen-bond donors (Lipinski definition) is 2. The molecule has 0 saturated heterocycles. The van der Waals surface area contributed by atoms with Crippen molar-refractivity contribution >= 4 is 19.8 Å². The number of phosphoric ester groups is 1. The highest BCUT2D eigenvalue weighted by molar-refractivity contribution is 7.46. The summed E-state index contributed by atoms with van der Waals surface area (Å²) in [5, 5.41) is 0. The summed E-state index contributed by atoms with van der Waals surface area (Å²) in [4.78, 5) is 42.8. The highest BCUT2D eigenvalue weighted by atomic mass is 31.2. The second-order valence-corrected chi connectivity index (χ2v) is 15.2. The number of carbonyl (C=O) groups is 2. The van der Waals surface area contributed by atoms with E-state index in [-0.39, 0.29) is 19.4 Å². The number of allylic oxidation sites excluding steroid dienone is 4. The van der Waals surface area contributed by atoms with Crippen molar-refractivity contribution in [2.45, 2.75) is 213 Å². The van der Waals surface area contributed by atoms with E-state index in [1.165, 1.54) is 116 Å². The predicted molar refractivity (Wildman–Crippen MR) is 207 cm³/mol. The third-order valence-electron chi connectivity index (χ3n) is 8.94. The molecule has 0 radical (unpaired) electrons. The van der Waals surface area contributed by atoms with Crippen LogP contribution in [-0.2, 0) is 28.2 Å². The second kappa shape index (κ2) is 37.3. The van der Waals surface area contributed by atoms with Gasteiger partial charge in [0.25, 0.3) is 0 Å². The molecular formula is C41H77O8P. The SMILES string of the molecule is CCCCCC/C=C\CCCCCCCCCC(=O)OC[C@H](COP(=O)(O)O)OC(=O)CCCCCCCCC/C=C\CCCCCCCC. The molecule has 0 spiro atoms. The number of unbranched alkanes of at least 4 members (excludes halogenated alkanes) is 24. The standard InChI is InChI=1S/C41H77O8P/c1-3-5-7-9-11-13-15-17-19-20-22-24-26-28-30-32-34-36-41(43)49-39(38-48-50(44,45)46)37-47-40(42)35-33-31-29-27-25-23-21-18-16-14-12-10-8-6-4-2/h14,16-17,19,39H,3-13,15,18,20-38H2,1-2H3,(H2,44,45,46)/b16-14-,19-17-/t39-/m1/s1. The van der Waals surface area contributed by atoms with Gasteiger partial charge in [0.1, 0.15) is 6.61 Å². The van der Waals surface area contributed by atoms with E-state index in [1.807, 2.05) is 0 Å². The maximum absolute atomic E-state index is 12.4. The molecule has 50 heavy (non-hydrogen) atoms. The summed E-state index contributed by atoms with van der Waals surface area (Å²) in [6.07, 6.45) is 41.8. The first-order valence-electron chi connectivity index (χ1n) is 20.6. The zero-order valence-corrected chi connectivity index (χ0v) is 33.2. The van der Waals surface area contributed by atoms with Gasteiger partial charge in [0.05, 0.1) is 6.61 Å². The molecule has 0 aromatic rings. The molecule has 0 aromatic carbocycles. The summed E-state index contributed by atoms with van der Waals surface area (Å²) in [7, 11) is -4.75. The quantitative estimate of drug-likeness (QED) is 0.0279. The van der Waals surface area contributed by atoms with E-state index in [1.54, 1.807) is 0 Å². The zero-order valence-electron chi connectivity index (χ0n) is 32.3. The largest absolute Gasteiger partial charge is 0.469 e. The molecule has 0 aromatic heterocycles. The molecule has 0 aliphatic carbocycles. The zero-order chi connectivity index (χ0) is 36.8. The topological polar surface area (TPSA) is 119 Å². The van der Waals surface area contributed by atoms with Crippen LogP contribution in [-0.4, -0.2) is 41.0 Å². The minimum absolute atomic E-state index is 0.208. The van der Waals surface area contributed by atoms with Crippen LogP contribution in [0.5, 0.6) is 0 Å². The van der Waals surface area contributed by atoms with Crippen LogP contribution in [0.25, 0.3) is 0 Å². The van der Waals surface area contributed by atoms with Gasteiger partial charge in [-0.3, -0.25) is 14.1 Å². The Bertz CT molecular complexity index is 869. The summed E-state index contributed by atoms with van der Waals surface area (Å²) in [5.41, 5.74) is 0. The van der Waals surface area contributed by atoms with Crippen LogP contribution in [0.2, 0.25) is 0 Å². The fourth-order valence-corrected chi connectivity index (χ4v) is 6.19. The van der Waals surface area contributed by atoms with Crippen molar-refractivity contribution in [1.82, 2.24) is 0 Å². The molecule has 0 aliphatic rings. The molecule has 0 heterocycles. The van der Waals surface area contributed by atoms with Crippen LogP contribution in [0.1, 0.15) is 206 Å². The minimum atomic E-state index is -4.75. The molecule has 0 amide bonds. The summed E-state index contributed by atoms with van der Waals surface area (Å²) in [6, 6.07) is 0. The molecule has 1 atom stereocenters. The molecule has 294 valence electrons. The highest BCUT2D eigenvalue weighted by Crippen LogP contribution is 2.36. The molecule has 0 rings (SSSR count). The Morgan fingerprint density at radius 2 is 0.840 bits per heavy atom. The van der Waals surface area contributed by atoms with Crippen LogP contribution in [0.3, 0.4) is 0 Å². The lowest BCUT2D eigenvalue weighted by Crippen LogP contribution is -2.29. The third-order valence-corrected chi connectivity index (χ3v) is 9.43. The van der Waals surface area contributed by atoms with E-state index in [9.17, 15) is 14.2 Å². The minimum Gasteiger partial charge on any atom is -0.462 e. The Labute approximate surface area is 307 Å². The van der Waals surface area contributed by atoms with Crippen LogP contribution >= 0.6 is 7.82 Å². The monoisotopic (exact) mass is 729 g/mol. The maximum Gasteiger partial charge on any atom is 0.469 e. The fraction of sp³-hybridized carbons (Fsp3) is 0.854. The number of hydrogen-bond acceptors (Lipinski definition) is 6. The molecule has 0 fully saturated rings. The van der Waals surface area contributed by atoms with Gasteiger partial charge in [-0.1, -0.05) is 154 Å². The van der Waals surface area contributed by atoms with E-state index >= 15 is 0 Å². The van der Waals surface area contributed by atoms with Crippen molar-refractivity contribution in [3.05, 3.63) is 24.3 Å². The van der Waals surface area contributed by atoms with E-state index in [4.69, 9.17) is 19.3 Å². The normalized spacial score (nSPS) is 12.6. The van der Waals surface area contributed by atoms with Gasteiger partial charge < -0.3 is 19.3 Å². The molecule has 8 nitrogen and oxygen atoms in total. The van der Waals surface area contributed by atoms with E-state index in [0.29, 0.717) is 6.42 Å². The summed E-state index contributed by atoms with van der Waals surface area (Å²) >= 11 is 0. The second-order valence-electron chi connectivity index (χ2n) is 14.0. The van der Waals surface area contributed by atoms with Crippen LogP contribution in [0.15, 0.2) is 24.3 Å². The van der Waals surface area contributed by atoms with Gasteiger partial charge in [-0.05, 0) is 64.2 Å². The molecule has 0 unspecified atom stereocenters. The fourth-order valence-electron chi connectivity index (χ4n) is 5.83. The predicted octanol–water partition coefficient (Wildman–Crippen LogP) is 12.4. The molecule has 0 saturated carbocycles. The number of rotatable bonds is 38. The first kappa shape index (κ1) is 48.5. The maximum atomic E-state index is 12.4. The van der Waals surface area contributed by atoms with Gasteiger partial charge in [-0.2, -0.15) is 0 Å². The lowest BCUT2D eigenvalue weighted by atomic mass is 10.1. The van der Waals surface area contributed by atoms with Gasteiger partial charge in [0, 0.05) is 12.8 Å². The molecular weight excluding hydrogens is 651 g/mol. The van der Waals surface area contributed by atoms with Gasteiger partial charge >= 0.3 is 19.8 Å². The van der Waals surface area contributed by atoms with Gasteiger partial charge in [0.2, 0.25) is 0 Å². The lowest BCUT2D eigenvalue weighted by molar-refractivity contribution is -0.161. The van der Waals surface area contributed by atoms with Crippen molar-refractivity contribution in [2.75, 3.05) is 13.2 Å². The van der Waals surface area contributed by atoms with Crippen molar-refractivity contribution in [3.8, 4) is 0 Å². The highest BCUT2D eigenvalue weighted by Gasteiger charge is 2.22. The van der Waals surface area contributed by atoms with Gasteiger partial charge in [-0.15, -0.1) is 0 Å². The van der Waals surface area contributed by atoms with Gasteiger partial charge in [0.15, 0.2) is 6.10 Å². The first-order chi connectivity index (χ1) is 24.3. The van der Waals surface area contributed by atoms with Crippen LogP contribution < -0.4 is 0 Å². The van der Waals surface area contributed by atoms with Gasteiger partial charge in [-0.25, -0.2) is 4.57 Å². The Balaban J connectivity index is 3.92. The van der Waals surface area contributed by atoms with Crippen molar-refractivity contribution in [2.24, 2.45) is 0 Å². The van der Waals surface area contributed by atoms with E-state index in [2.05, 4.69) is 42.7 Å². The van der Waals surface area contributed by atoms with E-state index in [0.717, 1.165) is 57.8 Å². The third kappa shape index (κ3) is 39.3. The average Bonchev–Trinajstić information content (AvgIpc) is 3.08. The number of phosphoric acid groups is 1. The number of ether oxygens (including phenoxy) is 2. The van der Waals surface area contributed by atoms with Crippen LogP contribution in [0.4, 0.5) is 0 Å². The summed E-state index contributed by atoms with van der Waals surface area (Å²) < 4.78 is 26.4. The van der Waals surface area contributed by atoms with Crippen molar-refractivity contribution in [1.29, 1.82) is 0 Å². The Morgan fingerprint density at radius 1 is 0.500 bits per heavy atom. The molecule has 9 heteroatoms. The Morgan fingerprint density at radius 3 is 1.24 bits per heavy atom. The summed E-state index contributed by atoms with van der Waals surface area (Å²) in [5.74, 6) is -0.889. The summed E-state index contributed by atoms with van der Waals surface area (Å²) in [6.45, 7) is 3.67. The van der Waals surface area contributed by atoms with E-state index < -0.39 is 32.5 Å². The number of esters is 2. The first-order valence-corrected chi connectivity index (χ1v) is 22.2. The lowest BCUT2D eigenvalue weighted by Gasteiger charge is -2.18. The average molecular weight is 729 g/mol. The molecule has 0 aliphatic heterocycles. The Kier molecular flexibility index (Phi) is 36.2. The van der Waals surface area contributed by atoms with Crippen LogP contribution in [0, 0.1) is 0 Å². The number of carbonyl (C=O) groups excluding carboxylic acids is 2. The Hall–Kier alpha value is -1.47. The molecule has 0 bridgehead atoms. The smallest absolute Gasteiger partial charge is 0.462 e. The molecule has 2 N–H and O–H groups in total.